The number of hydrogen-bond donors (Lipinski definition) is 2. The average Bonchev–Trinajstić information content (AvgIpc) is 2.67. The molecule has 0 spiro atoms. The molecule has 6 nitrogen and oxygen atoms in total. The van der Waals surface area contributed by atoms with Gasteiger partial charge in [0.25, 0.3) is 0 Å². The van der Waals surface area contributed by atoms with Crippen molar-refractivity contribution in [2.24, 2.45) is 7.05 Å². The van der Waals surface area contributed by atoms with Gasteiger partial charge in [-0.05, 0) is 12.1 Å². The molecule has 1 aromatic carbocycles. The highest BCUT2D eigenvalue weighted by Crippen LogP contribution is 2.32. The summed E-state index contributed by atoms with van der Waals surface area (Å²) in [5.41, 5.74) is 7.16. The minimum atomic E-state index is 0.572. The molecule has 96 valence electrons. The number of nitrogens with one attached hydrogen (secondary N) is 1. The first-order valence-electron chi connectivity index (χ1n) is 5.42. The number of aryl methyl sites for hydroxylation is 1. The first-order chi connectivity index (χ1) is 8.63. The summed E-state index contributed by atoms with van der Waals surface area (Å²) >= 11 is 0. The number of benzene rings is 1. The lowest BCUT2D eigenvalue weighted by Crippen LogP contribution is -1.99. The highest BCUT2D eigenvalue weighted by Gasteiger charge is 2.09. The van der Waals surface area contributed by atoms with Crippen LogP contribution in [-0.4, -0.2) is 24.0 Å². The van der Waals surface area contributed by atoms with Crippen LogP contribution in [0.2, 0.25) is 0 Å². The second-order valence-corrected chi connectivity index (χ2v) is 3.80. The van der Waals surface area contributed by atoms with Crippen molar-refractivity contribution >= 4 is 17.2 Å². The minimum Gasteiger partial charge on any atom is -0.497 e. The third kappa shape index (κ3) is 2.32. The van der Waals surface area contributed by atoms with Crippen molar-refractivity contribution in [2.75, 3.05) is 25.3 Å². The minimum absolute atomic E-state index is 0.572. The molecule has 0 fully saturated rings. The fourth-order valence-corrected chi connectivity index (χ4v) is 1.64. The third-order valence-corrected chi connectivity index (χ3v) is 2.52. The van der Waals surface area contributed by atoms with Gasteiger partial charge in [-0.25, -0.2) is 0 Å². The summed E-state index contributed by atoms with van der Waals surface area (Å²) in [5, 5.41) is 7.35. The number of methoxy groups -OCH3 is 2. The van der Waals surface area contributed by atoms with Crippen LogP contribution in [0.4, 0.5) is 17.2 Å². The molecule has 0 saturated heterocycles. The molecule has 2 rings (SSSR count). The van der Waals surface area contributed by atoms with E-state index in [9.17, 15) is 0 Å². The number of nitrogens with zero attached hydrogens (tertiary/aromatic N) is 2. The van der Waals surface area contributed by atoms with Crippen LogP contribution in [0.15, 0.2) is 24.4 Å². The quantitative estimate of drug-likeness (QED) is 0.862. The van der Waals surface area contributed by atoms with Crippen LogP contribution in [0, 0.1) is 0 Å². The van der Waals surface area contributed by atoms with Crippen LogP contribution in [0.25, 0.3) is 0 Å². The van der Waals surface area contributed by atoms with E-state index in [0.29, 0.717) is 17.3 Å². The summed E-state index contributed by atoms with van der Waals surface area (Å²) < 4.78 is 12.1. The molecule has 0 atom stereocenters. The fourth-order valence-electron chi connectivity index (χ4n) is 1.64. The standard InChI is InChI=1S/C12H16N4O2/c1-16-7-9(13)12(15-16)14-10-6-8(17-2)4-5-11(10)18-3/h4-7H,13H2,1-3H3,(H,14,15). The number of ether oxygens (including phenoxy) is 2. The molecular weight excluding hydrogens is 232 g/mol. The maximum Gasteiger partial charge on any atom is 0.175 e. The molecule has 3 N–H and O–H groups in total. The third-order valence-electron chi connectivity index (χ3n) is 2.52. The van der Waals surface area contributed by atoms with Gasteiger partial charge in [-0.3, -0.25) is 4.68 Å². The van der Waals surface area contributed by atoms with Gasteiger partial charge in [0.2, 0.25) is 0 Å². The van der Waals surface area contributed by atoms with Crippen molar-refractivity contribution in [1.29, 1.82) is 0 Å². The normalized spacial score (nSPS) is 10.2. The molecule has 6 heteroatoms. The Bertz CT molecular complexity index is 551. The first-order valence-corrected chi connectivity index (χ1v) is 5.42. The molecule has 0 radical (unpaired) electrons. The second kappa shape index (κ2) is 4.87. The molecule has 1 aromatic heterocycles. The van der Waals surface area contributed by atoms with Crippen molar-refractivity contribution < 1.29 is 9.47 Å². The predicted molar refractivity (Wildman–Crippen MR) is 70.4 cm³/mol. The lowest BCUT2D eigenvalue weighted by atomic mass is 10.2. The van der Waals surface area contributed by atoms with E-state index in [1.54, 1.807) is 25.1 Å². The zero-order chi connectivity index (χ0) is 13.1. The maximum absolute atomic E-state index is 5.83. The lowest BCUT2D eigenvalue weighted by Gasteiger charge is -2.11. The Labute approximate surface area is 105 Å². The van der Waals surface area contributed by atoms with E-state index >= 15 is 0 Å². The Morgan fingerprint density at radius 1 is 1.28 bits per heavy atom. The van der Waals surface area contributed by atoms with Gasteiger partial charge in [0.15, 0.2) is 5.82 Å². The fraction of sp³-hybridized carbons (Fsp3) is 0.250. The molecule has 0 aliphatic rings. The summed E-state index contributed by atoms with van der Waals surface area (Å²) in [6.07, 6.45) is 1.73. The monoisotopic (exact) mass is 248 g/mol. The zero-order valence-electron chi connectivity index (χ0n) is 10.6. The Morgan fingerprint density at radius 3 is 2.61 bits per heavy atom. The van der Waals surface area contributed by atoms with Crippen molar-refractivity contribution in [2.45, 2.75) is 0 Å². The van der Waals surface area contributed by atoms with Crippen molar-refractivity contribution in [3.8, 4) is 11.5 Å². The summed E-state index contributed by atoms with van der Waals surface area (Å²) in [7, 11) is 5.03. The first kappa shape index (κ1) is 12.1. The van der Waals surface area contributed by atoms with Gasteiger partial charge < -0.3 is 20.5 Å². The van der Waals surface area contributed by atoms with Gasteiger partial charge in [0, 0.05) is 19.3 Å². The molecule has 0 bridgehead atoms. The second-order valence-electron chi connectivity index (χ2n) is 3.80. The number of rotatable bonds is 4. The van der Waals surface area contributed by atoms with E-state index in [2.05, 4.69) is 10.4 Å². The highest BCUT2D eigenvalue weighted by atomic mass is 16.5. The number of anilines is 3. The molecule has 1 heterocycles. The van der Waals surface area contributed by atoms with Gasteiger partial charge >= 0.3 is 0 Å². The predicted octanol–water partition coefficient (Wildman–Crippen LogP) is 1.76. The van der Waals surface area contributed by atoms with Crippen LogP contribution >= 0.6 is 0 Å². The Balaban J connectivity index is 2.35. The molecule has 0 aliphatic heterocycles. The molecule has 2 aromatic rings. The van der Waals surface area contributed by atoms with Crippen LogP contribution in [-0.2, 0) is 7.05 Å². The van der Waals surface area contributed by atoms with Gasteiger partial charge in [-0.1, -0.05) is 0 Å². The lowest BCUT2D eigenvalue weighted by molar-refractivity contribution is 0.405. The van der Waals surface area contributed by atoms with E-state index in [1.807, 2.05) is 25.2 Å². The Morgan fingerprint density at radius 2 is 2.06 bits per heavy atom. The smallest absolute Gasteiger partial charge is 0.175 e. The summed E-state index contributed by atoms with van der Waals surface area (Å²) in [4.78, 5) is 0. The number of hydrogen-bond acceptors (Lipinski definition) is 5. The van der Waals surface area contributed by atoms with Crippen molar-refractivity contribution in [3.05, 3.63) is 24.4 Å². The van der Waals surface area contributed by atoms with Gasteiger partial charge in [-0.15, -0.1) is 0 Å². The topological polar surface area (TPSA) is 74.3 Å². The van der Waals surface area contributed by atoms with E-state index < -0.39 is 0 Å². The number of nitrogen functional groups attached to an aromatic ring is 1. The van der Waals surface area contributed by atoms with Crippen LogP contribution in [0.5, 0.6) is 11.5 Å². The van der Waals surface area contributed by atoms with Gasteiger partial charge in [0.1, 0.15) is 11.5 Å². The molecular formula is C12H16N4O2. The molecule has 0 unspecified atom stereocenters. The largest absolute Gasteiger partial charge is 0.497 e. The summed E-state index contributed by atoms with van der Waals surface area (Å²) in [6.45, 7) is 0. The molecule has 0 amide bonds. The van der Waals surface area contributed by atoms with Crippen LogP contribution in [0.3, 0.4) is 0 Å². The van der Waals surface area contributed by atoms with E-state index in [1.165, 1.54) is 0 Å². The zero-order valence-corrected chi connectivity index (χ0v) is 10.6. The van der Waals surface area contributed by atoms with Crippen LogP contribution < -0.4 is 20.5 Å². The average molecular weight is 248 g/mol. The highest BCUT2D eigenvalue weighted by molar-refractivity contribution is 5.72. The maximum atomic E-state index is 5.83. The van der Waals surface area contributed by atoms with Crippen molar-refractivity contribution in [3.63, 3.8) is 0 Å². The van der Waals surface area contributed by atoms with E-state index in [4.69, 9.17) is 15.2 Å². The molecule has 0 aliphatic carbocycles. The summed E-state index contributed by atoms with van der Waals surface area (Å²) in [6, 6.07) is 5.47. The molecule has 0 saturated carbocycles. The summed E-state index contributed by atoms with van der Waals surface area (Å²) in [5.74, 6) is 2.01. The Kier molecular flexibility index (Phi) is 3.27. The van der Waals surface area contributed by atoms with Crippen molar-refractivity contribution in [1.82, 2.24) is 9.78 Å². The Hall–Kier alpha value is -2.37. The number of nitrogens with two attached hydrogens (primary N) is 1. The van der Waals surface area contributed by atoms with E-state index in [-0.39, 0.29) is 0 Å². The SMILES string of the molecule is COc1ccc(OC)c(Nc2nn(C)cc2N)c1. The van der Waals surface area contributed by atoms with Gasteiger partial charge in [-0.2, -0.15) is 5.10 Å². The number of aromatic nitrogens is 2. The van der Waals surface area contributed by atoms with E-state index in [0.717, 1.165) is 11.4 Å². The van der Waals surface area contributed by atoms with Gasteiger partial charge in [0.05, 0.1) is 25.6 Å². The van der Waals surface area contributed by atoms with Crippen LogP contribution in [0.1, 0.15) is 0 Å². The molecule has 18 heavy (non-hydrogen) atoms.